The van der Waals surface area contributed by atoms with Gasteiger partial charge in [-0.25, -0.2) is 0 Å². The van der Waals surface area contributed by atoms with Crippen LogP contribution in [0.5, 0.6) is 0 Å². The second-order valence-electron chi connectivity index (χ2n) is 4.26. The number of rotatable bonds is 5. The van der Waals surface area contributed by atoms with Crippen LogP contribution in [0.2, 0.25) is 0 Å². The van der Waals surface area contributed by atoms with E-state index in [-0.39, 0.29) is 6.04 Å². The van der Waals surface area contributed by atoms with E-state index in [0.29, 0.717) is 0 Å². The lowest BCUT2D eigenvalue weighted by molar-refractivity contribution is 0.630. The van der Waals surface area contributed by atoms with Gasteiger partial charge in [-0.3, -0.25) is 0 Å². The first-order chi connectivity index (χ1) is 8.76. The zero-order chi connectivity index (χ0) is 13.0. The minimum absolute atomic E-state index is 0.279. The highest BCUT2D eigenvalue weighted by Crippen LogP contribution is 2.31. The first-order valence-electron chi connectivity index (χ1n) is 6.30. The third kappa shape index (κ3) is 3.02. The molecule has 0 radical (unpaired) electrons. The Kier molecular flexibility index (Phi) is 4.98. The van der Waals surface area contributed by atoms with Crippen molar-refractivity contribution >= 4 is 27.3 Å². The van der Waals surface area contributed by atoms with Crippen molar-refractivity contribution in [1.82, 2.24) is 5.32 Å². The van der Waals surface area contributed by atoms with E-state index in [0.717, 1.165) is 13.0 Å². The molecule has 2 rings (SSSR count). The molecule has 1 heterocycles. The quantitative estimate of drug-likeness (QED) is 0.835. The molecule has 0 fully saturated rings. The van der Waals surface area contributed by atoms with Crippen molar-refractivity contribution in [2.24, 2.45) is 0 Å². The van der Waals surface area contributed by atoms with E-state index in [9.17, 15) is 0 Å². The number of nitrogens with one attached hydrogen (secondary N) is 1. The molecule has 0 amide bonds. The maximum Gasteiger partial charge on any atom is 0.0596 e. The van der Waals surface area contributed by atoms with Crippen molar-refractivity contribution in [3.63, 3.8) is 0 Å². The Labute approximate surface area is 121 Å². The van der Waals surface area contributed by atoms with Crippen LogP contribution in [0.25, 0.3) is 0 Å². The van der Waals surface area contributed by atoms with E-state index < -0.39 is 0 Å². The summed E-state index contributed by atoms with van der Waals surface area (Å²) in [5, 5.41) is 7.91. The number of hydrogen-bond donors (Lipinski definition) is 1. The summed E-state index contributed by atoms with van der Waals surface area (Å²) in [7, 11) is 0. The van der Waals surface area contributed by atoms with Gasteiger partial charge in [-0.05, 0) is 51.0 Å². The van der Waals surface area contributed by atoms with Gasteiger partial charge >= 0.3 is 0 Å². The molecular formula is C15H18BrNS. The molecule has 1 atom stereocenters. The molecule has 1 aromatic heterocycles. The minimum atomic E-state index is 0.279. The Morgan fingerprint density at radius 2 is 1.89 bits per heavy atom. The molecule has 1 aromatic carbocycles. The van der Waals surface area contributed by atoms with Crippen LogP contribution in [-0.2, 0) is 6.42 Å². The van der Waals surface area contributed by atoms with Crippen LogP contribution < -0.4 is 5.32 Å². The van der Waals surface area contributed by atoms with Crippen LogP contribution in [0, 0.1) is 0 Å². The lowest BCUT2D eigenvalue weighted by atomic mass is 9.99. The van der Waals surface area contributed by atoms with Crippen LogP contribution in [0.4, 0.5) is 0 Å². The Morgan fingerprint density at radius 1 is 1.17 bits per heavy atom. The maximum absolute atomic E-state index is 3.63. The summed E-state index contributed by atoms with van der Waals surface area (Å²) in [6.45, 7) is 5.29. The van der Waals surface area contributed by atoms with Crippen molar-refractivity contribution in [2.75, 3.05) is 6.54 Å². The lowest BCUT2D eigenvalue weighted by Gasteiger charge is -2.18. The Morgan fingerprint density at radius 3 is 2.39 bits per heavy atom. The second-order valence-corrected chi connectivity index (χ2v) is 5.86. The van der Waals surface area contributed by atoms with Gasteiger partial charge in [0.2, 0.25) is 0 Å². The summed E-state index contributed by atoms with van der Waals surface area (Å²) in [5.74, 6) is 0. The van der Waals surface area contributed by atoms with E-state index in [1.165, 1.54) is 21.2 Å². The average Bonchev–Trinajstić information content (AvgIpc) is 2.82. The van der Waals surface area contributed by atoms with Gasteiger partial charge in [0.1, 0.15) is 0 Å². The van der Waals surface area contributed by atoms with Gasteiger partial charge in [-0.2, -0.15) is 11.3 Å². The van der Waals surface area contributed by atoms with Crippen molar-refractivity contribution in [2.45, 2.75) is 26.3 Å². The molecule has 96 valence electrons. The fraction of sp³-hybridized carbons (Fsp3) is 0.333. The summed E-state index contributed by atoms with van der Waals surface area (Å²) in [4.78, 5) is 0. The average molecular weight is 324 g/mol. The largest absolute Gasteiger partial charge is 0.306 e. The molecule has 0 spiro atoms. The summed E-state index contributed by atoms with van der Waals surface area (Å²) in [6.07, 6.45) is 1.09. The highest BCUT2D eigenvalue weighted by molar-refractivity contribution is 9.10. The van der Waals surface area contributed by atoms with E-state index in [1.807, 2.05) is 0 Å². The fourth-order valence-electron chi connectivity index (χ4n) is 2.05. The van der Waals surface area contributed by atoms with Crippen molar-refractivity contribution in [3.8, 4) is 0 Å². The minimum Gasteiger partial charge on any atom is -0.306 e. The molecule has 1 N–H and O–H groups in total. The summed E-state index contributed by atoms with van der Waals surface area (Å²) in [6, 6.07) is 9.19. The number of hydrogen-bond acceptors (Lipinski definition) is 2. The van der Waals surface area contributed by atoms with Crippen LogP contribution in [0.15, 0.2) is 39.5 Å². The Balaban J connectivity index is 2.32. The lowest BCUT2D eigenvalue weighted by Crippen LogP contribution is -2.21. The first kappa shape index (κ1) is 13.8. The summed E-state index contributed by atoms with van der Waals surface area (Å²) >= 11 is 5.37. The molecule has 2 aromatic rings. The highest BCUT2D eigenvalue weighted by Gasteiger charge is 2.16. The van der Waals surface area contributed by atoms with Crippen molar-refractivity contribution in [1.29, 1.82) is 0 Å². The van der Waals surface area contributed by atoms with E-state index in [1.54, 1.807) is 11.3 Å². The Bertz CT molecular complexity index is 489. The molecule has 3 heteroatoms. The van der Waals surface area contributed by atoms with Crippen LogP contribution in [-0.4, -0.2) is 6.54 Å². The number of halogens is 1. The molecule has 1 unspecified atom stereocenters. The molecule has 0 aliphatic carbocycles. The smallest absolute Gasteiger partial charge is 0.0596 e. The topological polar surface area (TPSA) is 12.0 Å². The van der Waals surface area contributed by atoms with Crippen LogP contribution >= 0.6 is 27.3 Å². The molecule has 0 aliphatic heterocycles. The number of aryl methyl sites for hydroxylation is 1. The van der Waals surface area contributed by atoms with E-state index in [4.69, 9.17) is 0 Å². The predicted molar refractivity (Wildman–Crippen MR) is 83.4 cm³/mol. The second kappa shape index (κ2) is 6.50. The van der Waals surface area contributed by atoms with E-state index in [2.05, 4.69) is 70.1 Å². The van der Waals surface area contributed by atoms with Gasteiger partial charge in [0, 0.05) is 9.85 Å². The van der Waals surface area contributed by atoms with Gasteiger partial charge in [0.05, 0.1) is 6.04 Å². The first-order valence-corrected chi connectivity index (χ1v) is 8.03. The van der Waals surface area contributed by atoms with Gasteiger partial charge < -0.3 is 5.32 Å². The van der Waals surface area contributed by atoms with Crippen LogP contribution in [0.3, 0.4) is 0 Å². The summed E-state index contributed by atoms with van der Waals surface area (Å²) in [5.41, 5.74) is 4.04. The molecule has 0 aliphatic rings. The number of thiophene rings is 1. The standard InChI is InChI=1S/C15H18BrNS/c1-3-11-5-7-12(8-6-11)15(17-4-2)13-9-18-10-14(13)16/h5-10,15,17H,3-4H2,1-2H3. The van der Waals surface area contributed by atoms with Gasteiger partial charge in [-0.1, -0.05) is 38.1 Å². The number of benzene rings is 1. The normalized spacial score (nSPS) is 12.6. The summed E-state index contributed by atoms with van der Waals surface area (Å²) < 4.78 is 1.19. The third-order valence-electron chi connectivity index (χ3n) is 3.08. The van der Waals surface area contributed by atoms with Gasteiger partial charge in [-0.15, -0.1) is 0 Å². The SMILES string of the molecule is CCNC(c1ccc(CC)cc1)c1cscc1Br. The Hall–Kier alpha value is -0.640. The molecular weight excluding hydrogens is 306 g/mol. The maximum atomic E-state index is 3.63. The molecule has 1 nitrogen and oxygen atoms in total. The van der Waals surface area contributed by atoms with Gasteiger partial charge in [0.15, 0.2) is 0 Å². The van der Waals surface area contributed by atoms with Gasteiger partial charge in [0.25, 0.3) is 0 Å². The third-order valence-corrected chi connectivity index (χ3v) is 4.83. The highest BCUT2D eigenvalue weighted by atomic mass is 79.9. The van der Waals surface area contributed by atoms with Crippen molar-refractivity contribution < 1.29 is 0 Å². The molecule has 0 saturated carbocycles. The molecule has 0 saturated heterocycles. The fourth-order valence-corrected chi connectivity index (χ4v) is 3.61. The molecule has 0 bridgehead atoms. The molecule has 18 heavy (non-hydrogen) atoms. The predicted octanol–water partition coefficient (Wildman–Crippen LogP) is 4.77. The monoisotopic (exact) mass is 323 g/mol. The zero-order valence-corrected chi connectivity index (χ0v) is 13.1. The van der Waals surface area contributed by atoms with Crippen molar-refractivity contribution in [3.05, 3.63) is 56.2 Å². The zero-order valence-electron chi connectivity index (χ0n) is 10.7. The van der Waals surface area contributed by atoms with Crippen LogP contribution in [0.1, 0.15) is 36.6 Å². The van der Waals surface area contributed by atoms with E-state index >= 15 is 0 Å².